The molecule has 4 aromatic rings. The Hall–Kier alpha value is -2.09. The predicted octanol–water partition coefficient (Wildman–Crippen LogP) is 5.72. The van der Waals surface area contributed by atoms with Gasteiger partial charge in [-0.15, -0.1) is 32.9 Å². The van der Waals surface area contributed by atoms with E-state index in [2.05, 4.69) is 15.2 Å². The maximum atomic E-state index is 12.6. The normalized spacial score (nSPS) is 11.2. The van der Waals surface area contributed by atoms with Crippen LogP contribution < -0.4 is 0 Å². The second-order valence-corrected chi connectivity index (χ2v) is 9.37. The number of nitrogens with zero attached hydrogens (tertiary/aromatic N) is 3. The summed E-state index contributed by atoms with van der Waals surface area (Å²) in [5.74, 6) is 0.411. The first kappa shape index (κ1) is 18.3. The number of hydrogen-bond acceptors (Lipinski definition) is 7. The third-order valence-corrected chi connectivity index (χ3v) is 7.13. The molecule has 0 aliphatic carbocycles. The molecule has 136 valence electrons. The van der Waals surface area contributed by atoms with Crippen LogP contribution in [0.25, 0.3) is 20.8 Å². The summed E-state index contributed by atoms with van der Waals surface area (Å²) in [6.45, 7) is 6.05. The van der Waals surface area contributed by atoms with Crippen LogP contribution in [0.5, 0.6) is 0 Å². The fraction of sp³-hybridized carbons (Fsp3) is 0.200. The van der Waals surface area contributed by atoms with Crippen LogP contribution in [0.3, 0.4) is 0 Å². The minimum Gasteiger partial charge on any atom is -0.293 e. The van der Waals surface area contributed by atoms with E-state index in [1.165, 1.54) is 17.3 Å². The highest BCUT2D eigenvalue weighted by atomic mass is 32.2. The lowest BCUT2D eigenvalue weighted by Gasteiger charge is -2.05. The second-order valence-electron chi connectivity index (χ2n) is 6.25. The molecule has 3 aromatic heterocycles. The number of ketones is 1. The standard InChI is InChI=1S/C20H17N3OS3/c1-11-6-7-14(9-12(11)2)15(24)10-26-20-18-19(27-13(3)21-18)17(22-23-20)16-5-4-8-25-16/h4-9H,10H2,1-3H3. The minimum atomic E-state index is 0.0901. The molecular weight excluding hydrogens is 394 g/mol. The van der Waals surface area contributed by atoms with Gasteiger partial charge < -0.3 is 0 Å². The van der Waals surface area contributed by atoms with E-state index in [1.807, 2.05) is 56.5 Å². The molecule has 4 nitrogen and oxygen atoms in total. The molecule has 3 heterocycles. The molecule has 0 aliphatic heterocycles. The summed E-state index contributed by atoms with van der Waals surface area (Å²) in [5, 5.41) is 12.5. The van der Waals surface area contributed by atoms with Crippen molar-refractivity contribution in [3.05, 3.63) is 57.4 Å². The van der Waals surface area contributed by atoms with Gasteiger partial charge in [0.15, 0.2) is 5.78 Å². The van der Waals surface area contributed by atoms with Gasteiger partial charge in [0, 0.05) is 5.56 Å². The molecule has 0 aliphatic rings. The molecule has 0 fully saturated rings. The van der Waals surface area contributed by atoms with E-state index in [0.717, 1.165) is 36.9 Å². The lowest BCUT2D eigenvalue weighted by molar-refractivity contribution is 0.102. The average Bonchev–Trinajstić information content (AvgIpc) is 3.31. The van der Waals surface area contributed by atoms with E-state index in [4.69, 9.17) is 0 Å². The lowest BCUT2D eigenvalue weighted by atomic mass is 10.0. The Kier molecular flexibility index (Phi) is 5.08. The van der Waals surface area contributed by atoms with Gasteiger partial charge in [0.1, 0.15) is 16.2 Å². The van der Waals surface area contributed by atoms with Crippen LogP contribution in [0.15, 0.2) is 40.7 Å². The summed E-state index contributed by atoms with van der Waals surface area (Å²) >= 11 is 4.67. The Balaban J connectivity index is 1.62. The first-order valence-corrected chi connectivity index (χ1v) is 11.1. The number of hydrogen-bond donors (Lipinski definition) is 0. The summed E-state index contributed by atoms with van der Waals surface area (Å²) in [6, 6.07) is 9.88. The van der Waals surface area contributed by atoms with Gasteiger partial charge in [-0.2, -0.15) is 0 Å². The minimum absolute atomic E-state index is 0.0901. The third kappa shape index (κ3) is 3.67. The lowest BCUT2D eigenvalue weighted by Crippen LogP contribution is -2.04. The van der Waals surface area contributed by atoms with Gasteiger partial charge in [-0.1, -0.05) is 30.0 Å². The van der Waals surface area contributed by atoms with Crippen molar-refractivity contribution in [1.29, 1.82) is 0 Å². The van der Waals surface area contributed by atoms with Crippen LogP contribution in [-0.2, 0) is 0 Å². The largest absolute Gasteiger partial charge is 0.293 e. The summed E-state index contributed by atoms with van der Waals surface area (Å²) in [7, 11) is 0. The van der Waals surface area contributed by atoms with Gasteiger partial charge in [-0.25, -0.2) is 4.98 Å². The molecule has 4 rings (SSSR count). The van der Waals surface area contributed by atoms with Crippen molar-refractivity contribution in [1.82, 2.24) is 15.2 Å². The van der Waals surface area contributed by atoms with Crippen LogP contribution in [0.4, 0.5) is 0 Å². The van der Waals surface area contributed by atoms with Gasteiger partial charge in [-0.05, 0) is 49.4 Å². The SMILES string of the molecule is Cc1nc2c(SCC(=O)c3ccc(C)c(C)c3)nnc(-c3cccs3)c2s1. The van der Waals surface area contributed by atoms with Gasteiger partial charge >= 0.3 is 0 Å². The van der Waals surface area contributed by atoms with E-state index < -0.39 is 0 Å². The number of rotatable bonds is 5. The molecule has 27 heavy (non-hydrogen) atoms. The first-order valence-electron chi connectivity index (χ1n) is 8.44. The molecule has 0 atom stereocenters. The molecule has 0 bridgehead atoms. The van der Waals surface area contributed by atoms with E-state index in [9.17, 15) is 4.79 Å². The molecule has 0 amide bonds. The topological polar surface area (TPSA) is 55.7 Å². The third-order valence-electron chi connectivity index (χ3n) is 4.32. The van der Waals surface area contributed by atoms with Crippen LogP contribution in [0.2, 0.25) is 0 Å². The Labute approximate surface area is 169 Å². The van der Waals surface area contributed by atoms with Crippen LogP contribution in [0.1, 0.15) is 26.5 Å². The Morgan fingerprint density at radius 3 is 2.70 bits per heavy atom. The van der Waals surface area contributed by atoms with Gasteiger partial charge in [-0.3, -0.25) is 4.79 Å². The van der Waals surface area contributed by atoms with E-state index in [1.54, 1.807) is 22.7 Å². The van der Waals surface area contributed by atoms with Gasteiger partial charge in [0.25, 0.3) is 0 Å². The fourth-order valence-electron chi connectivity index (χ4n) is 2.72. The molecule has 0 saturated heterocycles. The zero-order chi connectivity index (χ0) is 19.0. The summed E-state index contributed by atoms with van der Waals surface area (Å²) in [5.41, 5.74) is 4.76. The summed E-state index contributed by atoms with van der Waals surface area (Å²) in [4.78, 5) is 18.3. The highest BCUT2D eigenvalue weighted by Crippen LogP contribution is 2.36. The van der Waals surface area contributed by atoms with Crippen molar-refractivity contribution in [2.24, 2.45) is 0 Å². The highest BCUT2D eigenvalue weighted by Gasteiger charge is 2.17. The van der Waals surface area contributed by atoms with Crippen LogP contribution >= 0.6 is 34.4 Å². The number of thioether (sulfide) groups is 1. The van der Waals surface area contributed by atoms with Gasteiger partial charge in [0.05, 0.1) is 20.3 Å². The molecule has 7 heteroatoms. The van der Waals surface area contributed by atoms with E-state index in [0.29, 0.717) is 10.8 Å². The number of benzene rings is 1. The number of thiophene rings is 1. The van der Waals surface area contributed by atoms with Crippen molar-refractivity contribution in [2.75, 3.05) is 5.75 Å². The van der Waals surface area contributed by atoms with Crippen molar-refractivity contribution in [3.63, 3.8) is 0 Å². The molecule has 0 spiro atoms. The maximum absolute atomic E-state index is 12.6. The van der Waals surface area contributed by atoms with Crippen LogP contribution in [-0.4, -0.2) is 26.7 Å². The van der Waals surface area contributed by atoms with E-state index >= 15 is 0 Å². The average molecular weight is 412 g/mol. The molecule has 0 unspecified atom stereocenters. The van der Waals surface area contributed by atoms with Crippen molar-refractivity contribution in [2.45, 2.75) is 25.8 Å². The number of carbonyl (C=O) groups is 1. The predicted molar refractivity (Wildman–Crippen MR) is 114 cm³/mol. The number of thiazole rings is 1. The van der Waals surface area contributed by atoms with Crippen LogP contribution in [0, 0.1) is 20.8 Å². The Bertz CT molecular complexity index is 1130. The zero-order valence-electron chi connectivity index (χ0n) is 15.1. The number of fused-ring (bicyclic) bond motifs is 1. The molecule has 1 aromatic carbocycles. The number of Topliss-reactive ketones (excluding diaryl/α,β-unsaturated/α-hetero) is 1. The summed E-state index contributed by atoms with van der Waals surface area (Å²) in [6.07, 6.45) is 0. The quantitative estimate of drug-likeness (QED) is 0.311. The summed E-state index contributed by atoms with van der Waals surface area (Å²) < 4.78 is 1.03. The van der Waals surface area contributed by atoms with Gasteiger partial charge in [0.2, 0.25) is 0 Å². The fourth-order valence-corrected chi connectivity index (χ4v) is 5.31. The van der Waals surface area contributed by atoms with Crippen molar-refractivity contribution >= 4 is 50.4 Å². The maximum Gasteiger partial charge on any atom is 0.173 e. The molecule has 0 radical (unpaired) electrons. The van der Waals surface area contributed by atoms with Crippen molar-refractivity contribution in [3.8, 4) is 10.6 Å². The number of carbonyl (C=O) groups excluding carboxylic acids is 1. The highest BCUT2D eigenvalue weighted by molar-refractivity contribution is 8.00. The number of aryl methyl sites for hydroxylation is 3. The Morgan fingerprint density at radius 1 is 1.11 bits per heavy atom. The molecular formula is C20H17N3OS3. The first-order chi connectivity index (χ1) is 13.0. The molecule has 0 N–H and O–H groups in total. The monoisotopic (exact) mass is 411 g/mol. The zero-order valence-corrected chi connectivity index (χ0v) is 17.6. The Morgan fingerprint density at radius 2 is 1.96 bits per heavy atom. The second kappa shape index (κ2) is 7.50. The number of aromatic nitrogens is 3. The van der Waals surface area contributed by atoms with E-state index in [-0.39, 0.29) is 5.78 Å². The van der Waals surface area contributed by atoms with Crippen molar-refractivity contribution < 1.29 is 4.79 Å². The smallest absolute Gasteiger partial charge is 0.173 e. The molecule has 0 saturated carbocycles.